The predicted octanol–water partition coefficient (Wildman–Crippen LogP) is 3.52. The average molecular weight is 262 g/mol. The Hall–Kier alpha value is -1.64. The minimum Gasteiger partial charge on any atom is -0.463 e. The van der Waals surface area contributed by atoms with Crippen LogP contribution in [0.2, 0.25) is 0 Å². The van der Waals surface area contributed by atoms with Gasteiger partial charge in [-0.05, 0) is 24.8 Å². The molecule has 3 heteroatoms. The predicted molar refractivity (Wildman–Crippen MR) is 74.6 cm³/mol. The van der Waals surface area contributed by atoms with E-state index in [9.17, 15) is 9.59 Å². The van der Waals surface area contributed by atoms with Crippen LogP contribution in [0.25, 0.3) is 0 Å². The molecule has 1 fully saturated rings. The van der Waals surface area contributed by atoms with Crippen molar-refractivity contribution >= 4 is 12.3 Å². The largest absolute Gasteiger partial charge is 0.463 e. The summed E-state index contributed by atoms with van der Waals surface area (Å²) in [4.78, 5) is 20.2. The van der Waals surface area contributed by atoms with E-state index in [1.807, 2.05) is 30.3 Å². The summed E-state index contributed by atoms with van der Waals surface area (Å²) >= 11 is 0. The minimum atomic E-state index is 0.349. The van der Waals surface area contributed by atoms with Gasteiger partial charge in [-0.1, -0.05) is 49.6 Å². The van der Waals surface area contributed by atoms with Crippen LogP contribution in [0, 0.1) is 5.92 Å². The number of carbonyl (C=O) groups excluding carboxylic acids is 2. The van der Waals surface area contributed by atoms with Crippen molar-refractivity contribution in [2.75, 3.05) is 0 Å². The van der Waals surface area contributed by atoms with Gasteiger partial charge < -0.3 is 9.53 Å². The number of Topliss-reactive ketones (excluding diaryl/α,β-unsaturated/α-hetero) is 1. The first-order valence-corrected chi connectivity index (χ1v) is 6.81. The molecular formula is C16H22O3. The van der Waals surface area contributed by atoms with E-state index < -0.39 is 0 Å². The van der Waals surface area contributed by atoms with Crippen LogP contribution in [-0.2, 0) is 20.9 Å². The van der Waals surface area contributed by atoms with E-state index in [4.69, 9.17) is 0 Å². The van der Waals surface area contributed by atoms with Crippen molar-refractivity contribution in [2.24, 2.45) is 5.92 Å². The van der Waals surface area contributed by atoms with Crippen LogP contribution < -0.4 is 0 Å². The highest BCUT2D eigenvalue weighted by molar-refractivity contribution is 5.75. The van der Waals surface area contributed by atoms with Crippen LogP contribution in [0.15, 0.2) is 30.3 Å². The fourth-order valence-corrected chi connectivity index (χ4v) is 1.89. The van der Waals surface area contributed by atoms with Crippen molar-refractivity contribution in [3.05, 3.63) is 35.9 Å². The topological polar surface area (TPSA) is 43.4 Å². The van der Waals surface area contributed by atoms with E-state index in [0.717, 1.165) is 24.3 Å². The van der Waals surface area contributed by atoms with Crippen LogP contribution in [0.4, 0.5) is 0 Å². The first kappa shape index (κ1) is 15.4. The lowest BCUT2D eigenvalue weighted by Crippen LogP contribution is -2.11. The highest BCUT2D eigenvalue weighted by atomic mass is 16.5. The normalized spacial score (nSPS) is 13.7. The summed E-state index contributed by atoms with van der Waals surface area (Å²) < 4.78 is 4.54. The van der Waals surface area contributed by atoms with Crippen LogP contribution in [0.3, 0.4) is 0 Å². The van der Waals surface area contributed by atoms with Gasteiger partial charge in [0, 0.05) is 6.42 Å². The third-order valence-electron chi connectivity index (χ3n) is 3.29. The Kier molecular flexibility index (Phi) is 7.56. The first-order chi connectivity index (χ1) is 9.22. The van der Waals surface area contributed by atoms with Crippen LogP contribution >= 0.6 is 0 Å². The highest BCUT2D eigenvalue weighted by Crippen LogP contribution is 2.30. The van der Waals surface area contributed by atoms with E-state index in [1.54, 1.807) is 6.92 Å². The Labute approximate surface area is 115 Å². The minimum absolute atomic E-state index is 0.349. The third-order valence-corrected chi connectivity index (χ3v) is 3.29. The molecule has 3 nitrogen and oxygen atoms in total. The SMILES string of the molecule is CC(=O)CCC1CCC1.O=COCc1ccccc1. The quantitative estimate of drug-likeness (QED) is 0.737. The molecule has 19 heavy (non-hydrogen) atoms. The Bertz CT molecular complexity index is 369. The van der Waals surface area contributed by atoms with Crippen molar-refractivity contribution in [3.8, 4) is 0 Å². The highest BCUT2D eigenvalue weighted by Gasteiger charge is 2.16. The molecule has 0 heterocycles. The Balaban J connectivity index is 0.000000191. The molecule has 0 aliphatic heterocycles. The summed E-state index contributed by atoms with van der Waals surface area (Å²) in [5.41, 5.74) is 1.01. The molecule has 0 spiro atoms. The van der Waals surface area contributed by atoms with Gasteiger partial charge in [-0.3, -0.25) is 4.79 Å². The van der Waals surface area contributed by atoms with Gasteiger partial charge in [0.1, 0.15) is 12.4 Å². The van der Waals surface area contributed by atoms with E-state index >= 15 is 0 Å². The van der Waals surface area contributed by atoms with Gasteiger partial charge >= 0.3 is 0 Å². The summed E-state index contributed by atoms with van der Waals surface area (Å²) in [5.74, 6) is 1.25. The number of hydrogen-bond acceptors (Lipinski definition) is 3. The second kappa shape index (κ2) is 9.31. The van der Waals surface area contributed by atoms with Crippen molar-refractivity contribution in [3.63, 3.8) is 0 Å². The maximum Gasteiger partial charge on any atom is 0.293 e. The van der Waals surface area contributed by atoms with Gasteiger partial charge in [-0.15, -0.1) is 0 Å². The number of hydrogen-bond donors (Lipinski definition) is 0. The van der Waals surface area contributed by atoms with E-state index in [0.29, 0.717) is 18.9 Å². The number of ketones is 1. The lowest BCUT2D eigenvalue weighted by molar-refractivity contribution is -0.129. The average Bonchev–Trinajstić information content (AvgIpc) is 2.36. The maximum absolute atomic E-state index is 10.5. The van der Waals surface area contributed by atoms with Crippen LogP contribution in [0.5, 0.6) is 0 Å². The molecule has 1 aromatic rings. The number of ether oxygens (including phenoxy) is 1. The molecule has 104 valence electrons. The molecule has 0 amide bonds. The zero-order valence-electron chi connectivity index (χ0n) is 11.5. The Morgan fingerprint density at radius 1 is 1.32 bits per heavy atom. The summed E-state index contributed by atoms with van der Waals surface area (Å²) in [5, 5.41) is 0. The van der Waals surface area contributed by atoms with E-state index in [2.05, 4.69) is 4.74 Å². The molecule has 1 aromatic carbocycles. The fraction of sp³-hybridized carbons (Fsp3) is 0.500. The molecule has 1 saturated carbocycles. The molecular weight excluding hydrogens is 240 g/mol. The van der Waals surface area contributed by atoms with Crippen molar-refractivity contribution in [1.29, 1.82) is 0 Å². The molecule has 1 aliphatic carbocycles. The monoisotopic (exact) mass is 262 g/mol. The summed E-state index contributed by atoms with van der Waals surface area (Å²) in [6.45, 7) is 2.50. The zero-order chi connectivity index (χ0) is 13.9. The zero-order valence-corrected chi connectivity index (χ0v) is 11.5. The molecule has 0 bridgehead atoms. The summed E-state index contributed by atoms with van der Waals surface area (Å²) in [7, 11) is 0. The molecule has 0 N–H and O–H groups in total. The molecule has 0 aromatic heterocycles. The lowest BCUT2D eigenvalue weighted by Gasteiger charge is -2.24. The fourth-order valence-electron chi connectivity index (χ4n) is 1.89. The molecule has 0 saturated heterocycles. The summed E-state index contributed by atoms with van der Waals surface area (Å²) in [6.07, 6.45) is 6.09. The van der Waals surface area contributed by atoms with Gasteiger partial charge in [0.15, 0.2) is 0 Å². The van der Waals surface area contributed by atoms with Crippen LogP contribution in [-0.4, -0.2) is 12.3 Å². The van der Waals surface area contributed by atoms with Gasteiger partial charge in [0.2, 0.25) is 0 Å². The second-order valence-electron chi connectivity index (χ2n) is 4.93. The molecule has 0 radical (unpaired) electrons. The first-order valence-electron chi connectivity index (χ1n) is 6.81. The van der Waals surface area contributed by atoms with Gasteiger partial charge in [-0.25, -0.2) is 0 Å². The Morgan fingerprint density at radius 2 is 2.00 bits per heavy atom. The van der Waals surface area contributed by atoms with E-state index in [1.165, 1.54) is 19.3 Å². The van der Waals surface area contributed by atoms with Crippen molar-refractivity contribution in [2.45, 2.75) is 45.6 Å². The Morgan fingerprint density at radius 3 is 2.47 bits per heavy atom. The van der Waals surface area contributed by atoms with Gasteiger partial charge in [0.25, 0.3) is 6.47 Å². The maximum atomic E-state index is 10.5. The van der Waals surface area contributed by atoms with Crippen molar-refractivity contribution in [1.82, 2.24) is 0 Å². The molecule has 0 unspecified atom stereocenters. The lowest BCUT2D eigenvalue weighted by atomic mass is 9.82. The molecule has 2 rings (SSSR count). The van der Waals surface area contributed by atoms with Gasteiger partial charge in [0.05, 0.1) is 0 Å². The van der Waals surface area contributed by atoms with E-state index in [-0.39, 0.29) is 0 Å². The van der Waals surface area contributed by atoms with Gasteiger partial charge in [-0.2, -0.15) is 0 Å². The molecule has 1 aliphatic rings. The number of carbonyl (C=O) groups is 2. The summed E-state index contributed by atoms with van der Waals surface area (Å²) in [6, 6.07) is 9.55. The van der Waals surface area contributed by atoms with Crippen molar-refractivity contribution < 1.29 is 14.3 Å². The van der Waals surface area contributed by atoms with Crippen LogP contribution in [0.1, 0.15) is 44.6 Å². The third kappa shape index (κ3) is 7.39. The molecule has 0 atom stereocenters. The standard InChI is InChI=1S/C8H8O2.C8H14O/c9-7-10-6-8-4-2-1-3-5-8;1-7(9)5-6-8-3-2-4-8/h1-5,7H,6H2;8H,2-6H2,1H3. The second-order valence-corrected chi connectivity index (χ2v) is 4.93. The smallest absolute Gasteiger partial charge is 0.293 e. The number of benzene rings is 1. The number of rotatable bonds is 6.